The minimum Gasteiger partial charge on any atom is -0.377 e. The highest BCUT2D eigenvalue weighted by molar-refractivity contribution is 5.13. The minimum atomic E-state index is 0.241. The second kappa shape index (κ2) is 5.83. The van der Waals surface area contributed by atoms with Gasteiger partial charge in [0.05, 0.1) is 18.8 Å². The maximum Gasteiger partial charge on any atom is 0.0786 e. The first-order valence-electron chi connectivity index (χ1n) is 5.80. The molecule has 2 atom stereocenters. The van der Waals surface area contributed by atoms with E-state index in [0.29, 0.717) is 6.61 Å². The molecule has 86 valence electrons. The molecule has 1 aromatic carbocycles. The van der Waals surface area contributed by atoms with E-state index in [-0.39, 0.29) is 12.2 Å². The Morgan fingerprint density at radius 1 is 1.19 bits per heavy atom. The number of benzene rings is 1. The summed E-state index contributed by atoms with van der Waals surface area (Å²) in [5.74, 6) is 0. The van der Waals surface area contributed by atoms with Crippen LogP contribution in [0.1, 0.15) is 18.9 Å². The van der Waals surface area contributed by atoms with Gasteiger partial charge in [0.1, 0.15) is 0 Å². The zero-order valence-electron chi connectivity index (χ0n) is 9.63. The number of ether oxygens (including phenoxy) is 2. The van der Waals surface area contributed by atoms with Crippen molar-refractivity contribution in [3.05, 3.63) is 48.0 Å². The predicted molar refractivity (Wildman–Crippen MR) is 64.2 cm³/mol. The third-order valence-corrected chi connectivity index (χ3v) is 2.64. The molecule has 2 heteroatoms. The van der Waals surface area contributed by atoms with Crippen molar-refractivity contribution < 1.29 is 9.47 Å². The van der Waals surface area contributed by atoms with Gasteiger partial charge < -0.3 is 9.47 Å². The van der Waals surface area contributed by atoms with Gasteiger partial charge in [-0.1, -0.05) is 42.5 Å². The molecule has 0 aliphatic carbocycles. The van der Waals surface area contributed by atoms with Crippen LogP contribution in [-0.4, -0.2) is 18.8 Å². The Morgan fingerprint density at radius 2 is 2.00 bits per heavy atom. The maximum atomic E-state index is 5.62. The molecule has 0 saturated heterocycles. The lowest BCUT2D eigenvalue weighted by molar-refractivity contribution is 0.0351. The summed E-state index contributed by atoms with van der Waals surface area (Å²) in [7, 11) is 0. The van der Waals surface area contributed by atoms with Crippen LogP contribution in [0.5, 0.6) is 0 Å². The van der Waals surface area contributed by atoms with E-state index in [1.807, 2.05) is 18.2 Å². The summed E-state index contributed by atoms with van der Waals surface area (Å²) >= 11 is 0. The molecule has 2 rings (SSSR count). The van der Waals surface area contributed by atoms with Crippen molar-refractivity contribution in [2.75, 3.05) is 6.61 Å². The summed E-state index contributed by atoms with van der Waals surface area (Å²) < 4.78 is 11.2. The summed E-state index contributed by atoms with van der Waals surface area (Å²) in [5.41, 5.74) is 1.22. The highest BCUT2D eigenvalue weighted by atomic mass is 16.5. The standard InChI is InChI=1S/C14H18O2/c1-12-7-8-14(16-12)9-10-15-11-13-5-3-2-4-6-13/h2-8,12,14H,9-11H2,1H3/t12-,14-/m0/s1. The van der Waals surface area contributed by atoms with Crippen molar-refractivity contribution in [1.82, 2.24) is 0 Å². The topological polar surface area (TPSA) is 18.5 Å². The van der Waals surface area contributed by atoms with E-state index in [2.05, 4.69) is 31.2 Å². The molecule has 1 aromatic rings. The minimum absolute atomic E-state index is 0.241. The van der Waals surface area contributed by atoms with E-state index in [1.54, 1.807) is 0 Å². The van der Waals surface area contributed by atoms with E-state index in [4.69, 9.17) is 9.47 Å². The molecule has 0 bridgehead atoms. The largest absolute Gasteiger partial charge is 0.377 e. The van der Waals surface area contributed by atoms with Crippen molar-refractivity contribution >= 4 is 0 Å². The summed E-state index contributed by atoms with van der Waals surface area (Å²) in [6.45, 7) is 3.49. The van der Waals surface area contributed by atoms with E-state index in [9.17, 15) is 0 Å². The highest BCUT2D eigenvalue weighted by Crippen LogP contribution is 2.13. The first-order valence-corrected chi connectivity index (χ1v) is 5.80. The van der Waals surface area contributed by atoms with Gasteiger partial charge in [-0.05, 0) is 12.5 Å². The molecule has 0 aromatic heterocycles. The van der Waals surface area contributed by atoms with Crippen LogP contribution in [0.15, 0.2) is 42.5 Å². The third kappa shape index (κ3) is 3.47. The van der Waals surface area contributed by atoms with Crippen molar-refractivity contribution in [3.63, 3.8) is 0 Å². The molecule has 0 saturated carbocycles. The Labute approximate surface area is 96.9 Å². The lowest BCUT2D eigenvalue weighted by Gasteiger charge is -2.11. The number of hydrogen-bond donors (Lipinski definition) is 0. The van der Waals surface area contributed by atoms with Crippen LogP contribution in [0.25, 0.3) is 0 Å². The number of hydrogen-bond acceptors (Lipinski definition) is 2. The van der Waals surface area contributed by atoms with Crippen LogP contribution in [0, 0.1) is 0 Å². The van der Waals surface area contributed by atoms with Crippen LogP contribution in [-0.2, 0) is 16.1 Å². The van der Waals surface area contributed by atoms with Crippen LogP contribution in [0.2, 0.25) is 0 Å². The molecule has 1 heterocycles. The second-order valence-corrected chi connectivity index (χ2v) is 4.09. The second-order valence-electron chi connectivity index (χ2n) is 4.09. The van der Waals surface area contributed by atoms with Crippen LogP contribution in [0.3, 0.4) is 0 Å². The van der Waals surface area contributed by atoms with E-state index in [0.717, 1.165) is 13.0 Å². The van der Waals surface area contributed by atoms with E-state index >= 15 is 0 Å². The molecule has 0 radical (unpaired) electrons. The van der Waals surface area contributed by atoms with Crippen molar-refractivity contribution in [2.45, 2.75) is 32.2 Å². The van der Waals surface area contributed by atoms with Crippen LogP contribution in [0.4, 0.5) is 0 Å². The molecule has 0 fully saturated rings. The first kappa shape index (κ1) is 11.4. The Kier molecular flexibility index (Phi) is 4.14. The molecule has 16 heavy (non-hydrogen) atoms. The van der Waals surface area contributed by atoms with Crippen molar-refractivity contribution in [1.29, 1.82) is 0 Å². The van der Waals surface area contributed by atoms with Gasteiger partial charge in [-0.2, -0.15) is 0 Å². The predicted octanol–water partition coefficient (Wildman–Crippen LogP) is 2.94. The van der Waals surface area contributed by atoms with E-state index < -0.39 is 0 Å². The van der Waals surface area contributed by atoms with Gasteiger partial charge in [-0.25, -0.2) is 0 Å². The molecular weight excluding hydrogens is 200 g/mol. The highest BCUT2D eigenvalue weighted by Gasteiger charge is 2.14. The zero-order chi connectivity index (χ0) is 11.2. The summed E-state index contributed by atoms with van der Waals surface area (Å²) in [5, 5.41) is 0. The quantitative estimate of drug-likeness (QED) is 0.559. The fourth-order valence-electron chi connectivity index (χ4n) is 1.77. The molecule has 2 nitrogen and oxygen atoms in total. The first-order chi connectivity index (χ1) is 7.84. The third-order valence-electron chi connectivity index (χ3n) is 2.64. The van der Waals surface area contributed by atoms with Gasteiger partial charge in [0.2, 0.25) is 0 Å². The Balaban J connectivity index is 1.61. The smallest absolute Gasteiger partial charge is 0.0786 e. The van der Waals surface area contributed by atoms with Crippen LogP contribution >= 0.6 is 0 Å². The fraction of sp³-hybridized carbons (Fsp3) is 0.429. The van der Waals surface area contributed by atoms with Crippen molar-refractivity contribution in [3.8, 4) is 0 Å². The SMILES string of the molecule is C[C@H]1C=C[C@@H](CCOCc2ccccc2)O1. The van der Waals surface area contributed by atoms with E-state index in [1.165, 1.54) is 5.56 Å². The van der Waals surface area contributed by atoms with Gasteiger partial charge in [-0.3, -0.25) is 0 Å². The average molecular weight is 218 g/mol. The normalized spacial score (nSPS) is 23.8. The Hall–Kier alpha value is -1.12. The summed E-state index contributed by atoms with van der Waals surface area (Å²) in [4.78, 5) is 0. The van der Waals surface area contributed by atoms with Gasteiger partial charge in [0, 0.05) is 13.0 Å². The summed E-state index contributed by atoms with van der Waals surface area (Å²) in [6.07, 6.45) is 5.66. The van der Waals surface area contributed by atoms with Crippen molar-refractivity contribution in [2.24, 2.45) is 0 Å². The molecule has 1 aliphatic rings. The molecule has 1 aliphatic heterocycles. The Morgan fingerprint density at radius 3 is 2.69 bits per heavy atom. The average Bonchev–Trinajstić information content (AvgIpc) is 2.72. The summed E-state index contributed by atoms with van der Waals surface area (Å²) in [6, 6.07) is 10.2. The lowest BCUT2D eigenvalue weighted by atomic mass is 10.2. The maximum absolute atomic E-state index is 5.62. The van der Waals surface area contributed by atoms with Gasteiger partial charge in [0.15, 0.2) is 0 Å². The monoisotopic (exact) mass is 218 g/mol. The van der Waals surface area contributed by atoms with Gasteiger partial charge >= 0.3 is 0 Å². The van der Waals surface area contributed by atoms with Gasteiger partial charge in [0.25, 0.3) is 0 Å². The van der Waals surface area contributed by atoms with Crippen LogP contribution < -0.4 is 0 Å². The fourth-order valence-corrected chi connectivity index (χ4v) is 1.77. The molecular formula is C14H18O2. The molecule has 0 N–H and O–H groups in total. The molecule has 0 amide bonds. The molecule has 0 spiro atoms. The Bertz CT molecular complexity index is 332. The lowest BCUT2D eigenvalue weighted by Crippen LogP contribution is -2.12. The van der Waals surface area contributed by atoms with Gasteiger partial charge in [-0.15, -0.1) is 0 Å². The number of rotatable bonds is 5. The molecule has 0 unspecified atom stereocenters. The zero-order valence-corrected chi connectivity index (χ0v) is 9.63.